The fourth-order valence-electron chi connectivity index (χ4n) is 4.31. The van der Waals surface area contributed by atoms with Crippen molar-refractivity contribution >= 4 is 27.3 Å². The molecule has 0 saturated carbocycles. The van der Waals surface area contributed by atoms with Crippen molar-refractivity contribution in [2.24, 2.45) is 0 Å². The monoisotopic (exact) mass is 562 g/mol. The first kappa shape index (κ1) is 27.7. The molecule has 0 amide bonds. The average Bonchev–Trinajstić information content (AvgIpc) is 3.34. The molecule has 1 atom stereocenters. The number of benzene rings is 3. The van der Waals surface area contributed by atoms with Crippen LogP contribution >= 0.6 is 11.6 Å². The van der Waals surface area contributed by atoms with Crippen LogP contribution in [0.5, 0.6) is 28.7 Å². The summed E-state index contributed by atoms with van der Waals surface area (Å²) in [5, 5.41) is 3.65. The second-order valence-electron chi connectivity index (χ2n) is 9.00. The number of sulfonamides is 1. The number of halogens is 1. The van der Waals surface area contributed by atoms with Gasteiger partial charge in [0.2, 0.25) is 0 Å². The molecular weight excluding hydrogens is 532 g/mol. The molecule has 38 heavy (non-hydrogen) atoms. The van der Waals surface area contributed by atoms with Gasteiger partial charge in [-0.15, -0.1) is 0 Å². The summed E-state index contributed by atoms with van der Waals surface area (Å²) in [4.78, 5) is -0.0215. The first-order chi connectivity index (χ1) is 18.1. The Hall–Kier alpha value is -3.34. The van der Waals surface area contributed by atoms with Gasteiger partial charge in [-0.3, -0.25) is 4.72 Å². The van der Waals surface area contributed by atoms with E-state index in [1.807, 2.05) is 6.92 Å². The van der Waals surface area contributed by atoms with Crippen LogP contribution in [0.3, 0.4) is 0 Å². The molecule has 0 aliphatic carbocycles. The Labute approximate surface area is 228 Å². The third-order valence-corrected chi connectivity index (χ3v) is 8.07. The van der Waals surface area contributed by atoms with Crippen molar-refractivity contribution in [3.63, 3.8) is 0 Å². The van der Waals surface area contributed by atoms with Crippen LogP contribution in [0.15, 0.2) is 53.4 Å². The zero-order chi connectivity index (χ0) is 27.5. The first-order valence-corrected chi connectivity index (χ1v) is 13.7. The van der Waals surface area contributed by atoms with Gasteiger partial charge in [-0.25, -0.2) is 8.42 Å². The van der Waals surface area contributed by atoms with Crippen LogP contribution in [0.25, 0.3) is 11.1 Å². The summed E-state index contributed by atoms with van der Waals surface area (Å²) >= 11 is 6.38. The Kier molecular flexibility index (Phi) is 8.15. The van der Waals surface area contributed by atoms with Gasteiger partial charge in [0.25, 0.3) is 10.0 Å². The number of methoxy groups -OCH3 is 4. The van der Waals surface area contributed by atoms with Gasteiger partial charge >= 0.3 is 0 Å². The molecule has 2 N–H and O–H groups in total. The Balaban J connectivity index is 1.77. The second kappa shape index (κ2) is 11.2. The molecule has 1 aliphatic rings. The van der Waals surface area contributed by atoms with Gasteiger partial charge in [-0.2, -0.15) is 0 Å². The van der Waals surface area contributed by atoms with Gasteiger partial charge in [0.1, 0.15) is 11.4 Å². The Morgan fingerprint density at radius 1 is 0.842 bits per heavy atom. The summed E-state index contributed by atoms with van der Waals surface area (Å²) < 4.78 is 58.0. The van der Waals surface area contributed by atoms with Crippen LogP contribution in [0.4, 0.5) is 5.69 Å². The van der Waals surface area contributed by atoms with E-state index in [2.05, 4.69) is 10.0 Å². The van der Waals surface area contributed by atoms with Crippen LogP contribution in [-0.2, 0) is 10.0 Å². The van der Waals surface area contributed by atoms with E-state index in [1.165, 1.54) is 34.5 Å². The fourth-order valence-corrected chi connectivity index (χ4v) is 5.75. The zero-order valence-corrected chi connectivity index (χ0v) is 23.5. The summed E-state index contributed by atoms with van der Waals surface area (Å²) in [7, 11) is 1.84. The highest BCUT2D eigenvalue weighted by atomic mass is 35.5. The molecule has 0 unspecified atom stereocenters. The van der Waals surface area contributed by atoms with E-state index in [0.29, 0.717) is 51.4 Å². The van der Waals surface area contributed by atoms with Gasteiger partial charge in [0.15, 0.2) is 23.0 Å². The quantitative estimate of drug-likeness (QED) is 0.357. The lowest BCUT2D eigenvalue weighted by Gasteiger charge is -2.26. The number of rotatable bonds is 10. The summed E-state index contributed by atoms with van der Waals surface area (Å²) in [5.74, 6) is 1.99. The molecule has 1 heterocycles. The molecule has 3 aromatic carbocycles. The van der Waals surface area contributed by atoms with Crippen molar-refractivity contribution in [1.82, 2.24) is 5.32 Å². The molecule has 0 aromatic heterocycles. The molecule has 1 aliphatic heterocycles. The molecule has 0 spiro atoms. The van der Waals surface area contributed by atoms with Crippen molar-refractivity contribution in [3.05, 3.63) is 53.6 Å². The minimum Gasteiger partial charge on any atom is -0.493 e. The Bertz CT molecular complexity index is 1420. The number of hydrogen-bond donors (Lipinski definition) is 2. The average molecular weight is 563 g/mol. The lowest BCUT2D eigenvalue weighted by Crippen LogP contribution is -2.34. The van der Waals surface area contributed by atoms with E-state index in [1.54, 1.807) is 42.5 Å². The van der Waals surface area contributed by atoms with Gasteiger partial charge in [0, 0.05) is 30.7 Å². The second-order valence-corrected chi connectivity index (χ2v) is 11.1. The summed E-state index contributed by atoms with van der Waals surface area (Å²) in [6, 6.07) is 12.9. The first-order valence-electron chi connectivity index (χ1n) is 11.8. The lowest BCUT2D eigenvalue weighted by molar-refractivity contribution is 0.111. The SMILES string of the molecule is COc1ccc(-c2cc(OC)c(OC)cc2S(=O)(=O)Nc2ccc(Cl)c(O[C@]3(C)CCNC3)c2)cc1OC. The Morgan fingerprint density at radius 3 is 2.13 bits per heavy atom. The zero-order valence-electron chi connectivity index (χ0n) is 21.9. The smallest absolute Gasteiger partial charge is 0.262 e. The molecule has 3 aromatic rings. The molecule has 11 heteroatoms. The van der Waals surface area contributed by atoms with Crippen LogP contribution in [-0.4, -0.2) is 55.5 Å². The lowest BCUT2D eigenvalue weighted by atomic mass is 10.0. The largest absolute Gasteiger partial charge is 0.493 e. The summed E-state index contributed by atoms with van der Waals surface area (Å²) in [6.45, 7) is 3.48. The summed E-state index contributed by atoms with van der Waals surface area (Å²) in [5.41, 5.74) is 0.814. The molecule has 9 nitrogen and oxygen atoms in total. The van der Waals surface area contributed by atoms with Gasteiger partial charge < -0.3 is 29.0 Å². The van der Waals surface area contributed by atoms with Gasteiger partial charge in [0.05, 0.1) is 44.0 Å². The highest BCUT2D eigenvalue weighted by Crippen LogP contribution is 2.41. The van der Waals surface area contributed by atoms with Crippen molar-refractivity contribution in [1.29, 1.82) is 0 Å². The predicted molar refractivity (Wildman–Crippen MR) is 147 cm³/mol. The third-order valence-electron chi connectivity index (χ3n) is 6.34. The minimum absolute atomic E-state index is 0.0215. The van der Waals surface area contributed by atoms with Crippen LogP contribution < -0.4 is 33.7 Å². The molecule has 4 rings (SSSR count). The number of ether oxygens (including phenoxy) is 5. The van der Waals surface area contributed by atoms with Crippen molar-refractivity contribution in [2.75, 3.05) is 46.3 Å². The Morgan fingerprint density at radius 2 is 1.50 bits per heavy atom. The fraction of sp³-hybridized carbons (Fsp3) is 0.333. The third kappa shape index (κ3) is 5.72. The molecule has 204 valence electrons. The van der Waals surface area contributed by atoms with Crippen LogP contribution in [0.1, 0.15) is 13.3 Å². The van der Waals surface area contributed by atoms with Crippen LogP contribution in [0, 0.1) is 0 Å². The number of nitrogens with one attached hydrogen (secondary N) is 2. The molecule has 0 bridgehead atoms. The topological polar surface area (TPSA) is 104 Å². The predicted octanol–water partition coefficient (Wildman–Crippen LogP) is 4.97. The van der Waals surface area contributed by atoms with E-state index in [-0.39, 0.29) is 10.6 Å². The molecular formula is C27H31ClN2O7S. The van der Waals surface area contributed by atoms with Crippen molar-refractivity contribution < 1.29 is 32.1 Å². The van der Waals surface area contributed by atoms with E-state index < -0.39 is 15.6 Å². The van der Waals surface area contributed by atoms with Crippen molar-refractivity contribution in [3.8, 4) is 39.9 Å². The highest BCUT2D eigenvalue weighted by Gasteiger charge is 2.31. The molecule has 1 saturated heterocycles. The number of hydrogen-bond acceptors (Lipinski definition) is 8. The maximum Gasteiger partial charge on any atom is 0.262 e. The maximum absolute atomic E-state index is 13.8. The van der Waals surface area contributed by atoms with Gasteiger partial charge in [-0.1, -0.05) is 17.7 Å². The van der Waals surface area contributed by atoms with E-state index in [0.717, 1.165) is 13.0 Å². The van der Waals surface area contributed by atoms with E-state index >= 15 is 0 Å². The van der Waals surface area contributed by atoms with E-state index in [4.69, 9.17) is 35.3 Å². The minimum atomic E-state index is -4.13. The standard InChI is InChI=1S/C27H31ClN2O7S/c1-27(10-11-29-16-27)37-22-13-18(7-8-20(22)28)30-38(31,32)26-15-25(36-5)24(35-4)14-19(26)17-6-9-21(33-2)23(12-17)34-3/h6-9,12-15,29-30H,10-11,16H2,1-5H3/t27-/m1/s1. The van der Waals surface area contributed by atoms with Crippen LogP contribution in [0.2, 0.25) is 5.02 Å². The maximum atomic E-state index is 13.8. The molecule has 1 fully saturated rings. The molecule has 0 radical (unpaired) electrons. The van der Waals surface area contributed by atoms with Crippen molar-refractivity contribution in [2.45, 2.75) is 23.8 Å². The summed E-state index contributed by atoms with van der Waals surface area (Å²) in [6.07, 6.45) is 0.805. The normalized spacial score (nSPS) is 17.1. The highest BCUT2D eigenvalue weighted by molar-refractivity contribution is 7.92. The van der Waals surface area contributed by atoms with Gasteiger partial charge in [-0.05, 0) is 49.4 Å². The number of anilines is 1. The van der Waals surface area contributed by atoms with E-state index in [9.17, 15) is 8.42 Å².